The molecule has 2 aliphatic carbocycles. The smallest absolute Gasteiger partial charge is 0.119 e. The lowest BCUT2D eigenvalue weighted by atomic mass is 9.53. The standard InChI is InChI=1S/C16H23NO2.ClH/c17-11-10-15-7-1-2-8-16(15,19)9-6-12-13(15)4-3-5-14(12)18;/h3-5,18-19H,1-2,6-11,17H2;1H. The summed E-state index contributed by atoms with van der Waals surface area (Å²) in [5.41, 5.74) is 7.14. The van der Waals surface area contributed by atoms with Gasteiger partial charge in [-0.25, -0.2) is 0 Å². The second kappa shape index (κ2) is 5.55. The first kappa shape index (κ1) is 15.6. The number of fused-ring (bicyclic) bond motifs is 3. The van der Waals surface area contributed by atoms with E-state index in [2.05, 4.69) is 6.07 Å². The average molecular weight is 298 g/mol. The van der Waals surface area contributed by atoms with E-state index in [0.29, 0.717) is 12.3 Å². The van der Waals surface area contributed by atoms with Crippen LogP contribution in [0.1, 0.15) is 49.7 Å². The summed E-state index contributed by atoms with van der Waals surface area (Å²) in [5, 5.41) is 21.3. The first-order valence-electron chi connectivity index (χ1n) is 7.37. The summed E-state index contributed by atoms with van der Waals surface area (Å²) in [6, 6.07) is 5.73. The quantitative estimate of drug-likeness (QED) is 0.786. The SMILES string of the molecule is Cl.NCCC12CCCCC1(O)CCc1c(O)cccc12. The zero-order valence-corrected chi connectivity index (χ0v) is 12.6. The lowest BCUT2D eigenvalue weighted by Gasteiger charge is -2.54. The van der Waals surface area contributed by atoms with Gasteiger partial charge in [-0.3, -0.25) is 0 Å². The molecule has 0 heterocycles. The van der Waals surface area contributed by atoms with E-state index >= 15 is 0 Å². The molecule has 0 bridgehead atoms. The highest BCUT2D eigenvalue weighted by molar-refractivity contribution is 5.85. The van der Waals surface area contributed by atoms with Crippen LogP contribution in [-0.4, -0.2) is 22.4 Å². The molecule has 0 aromatic heterocycles. The molecule has 0 radical (unpaired) electrons. The largest absolute Gasteiger partial charge is 0.508 e. The first-order valence-corrected chi connectivity index (χ1v) is 7.37. The van der Waals surface area contributed by atoms with Crippen LogP contribution in [0.15, 0.2) is 18.2 Å². The Morgan fingerprint density at radius 1 is 1.15 bits per heavy atom. The van der Waals surface area contributed by atoms with Crippen LogP contribution in [0, 0.1) is 0 Å². The highest BCUT2D eigenvalue weighted by Crippen LogP contribution is 2.55. The monoisotopic (exact) mass is 297 g/mol. The van der Waals surface area contributed by atoms with Gasteiger partial charge in [-0.05, 0) is 55.8 Å². The molecule has 1 aromatic rings. The third kappa shape index (κ3) is 2.03. The van der Waals surface area contributed by atoms with Gasteiger partial charge >= 0.3 is 0 Å². The molecule has 112 valence electrons. The highest BCUT2D eigenvalue weighted by atomic mass is 35.5. The Morgan fingerprint density at radius 3 is 2.65 bits per heavy atom. The van der Waals surface area contributed by atoms with E-state index in [1.54, 1.807) is 6.07 Å². The molecule has 4 heteroatoms. The fourth-order valence-corrected chi connectivity index (χ4v) is 4.42. The predicted octanol–water partition coefficient (Wildman–Crippen LogP) is 2.65. The van der Waals surface area contributed by atoms with Crippen LogP contribution in [-0.2, 0) is 11.8 Å². The summed E-state index contributed by atoms with van der Waals surface area (Å²) >= 11 is 0. The van der Waals surface area contributed by atoms with Crippen molar-refractivity contribution in [2.45, 2.75) is 56.0 Å². The molecule has 2 atom stereocenters. The highest BCUT2D eigenvalue weighted by Gasteiger charge is 2.54. The van der Waals surface area contributed by atoms with Crippen LogP contribution >= 0.6 is 12.4 Å². The van der Waals surface area contributed by atoms with Crippen molar-refractivity contribution in [2.75, 3.05) is 6.54 Å². The van der Waals surface area contributed by atoms with E-state index in [-0.39, 0.29) is 17.8 Å². The molecule has 0 saturated heterocycles. The summed E-state index contributed by atoms with van der Waals surface area (Å²) in [6.07, 6.45) is 6.40. The molecule has 3 nitrogen and oxygen atoms in total. The maximum atomic E-state index is 11.2. The fourth-order valence-electron chi connectivity index (χ4n) is 4.42. The van der Waals surface area contributed by atoms with Crippen molar-refractivity contribution in [2.24, 2.45) is 5.73 Å². The Balaban J connectivity index is 0.00000147. The summed E-state index contributed by atoms with van der Waals surface area (Å²) in [5.74, 6) is 0.376. The lowest BCUT2D eigenvalue weighted by molar-refractivity contribution is -0.0864. The molecule has 0 amide bonds. The second-order valence-corrected chi connectivity index (χ2v) is 6.16. The number of hydrogen-bond acceptors (Lipinski definition) is 3. The predicted molar refractivity (Wildman–Crippen MR) is 82.4 cm³/mol. The fraction of sp³-hybridized carbons (Fsp3) is 0.625. The van der Waals surface area contributed by atoms with Gasteiger partial charge in [-0.1, -0.05) is 25.0 Å². The van der Waals surface area contributed by atoms with Crippen molar-refractivity contribution >= 4 is 12.4 Å². The molecular formula is C16H24ClNO2. The minimum atomic E-state index is -0.634. The number of hydrogen-bond donors (Lipinski definition) is 3. The zero-order valence-electron chi connectivity index (χ0n) is 11.8. The van der Waals surface area contributed by atoms with Gasteiger partial charge in [0.15, 0.2) is 0 Å². The van der Waals surface area contributed by atoms with E-state index in [1.165, 1.54) is 0 Å². The number of phenolic OH excluding ortho intramolecular Hbond substituents is 1. The summed E-state index contributed by atoms with van der Waals surface area (Å²) < 4.78 is 0. The van der Waals surface area contributed by atoms with Gasteiger partial charge in [0.2, 0.25) is 0 Å². The molecule has 3 rings (SSSR count). The van der Waals surface area contributed by atoms with E-state index in [0.717, 1.165) is 56.1 Å². The molecule has 1 aromatic carbocycles. The van der Waals surface area contributed by atoms with E-state index in [1.807, 2.05) is 6.07 Å². The lowest BCUT2D eigenvalue weighted by Crippen LogP contribution is -2.57. The Bertz CT molecular complexity index is 489. The zero-order chi connectivity index (χ0) is 13.5. The molecule has 20 heavy (non-hydrogen) atoms. The second-order valence-electron chi connectivity index (χ2n) is 6.16. The molecule has 1 saturated carbocycles. The van der Waals surface area contributed by atoms with Gasteiger partial charge < -0.3 is 15.9 Å². The van der Waals surface area contributed by atoms with Gasteiger partial charge in [-0.2, -0.15) is 0 Å². The normalized spacial score (nSPS) is 31.9. The van der Waals surface area contributed by atoms with E-state index < -0.39 is 5.60 Å². The van der Waals surface area contributed by atoms with Crippen molar-refractivity contribution in [1.29, 1.82) is 0 Å². The molecule has 4 N–H and O–H groups in total. The number of phenols is 1. The van der Waals surface area contributed by atoms with Crippen molar-refractivity contribution in [3.63, 3.8) is 0 Å². The van der Waals surface area contributed by atoms with Crippen LogP contribution in [0.5, 0.6) is 5.75 Å². The number of nitrogens with two attached hydrogens (primary N) is 1. The Kier molecular flexibility index (Phi) is 4.33. The van der Waals surface area contributed by atoms with Gasteiger partial charge in [0.25, 0.3) is 0 Å². The molecule has 0 aliphatic heterocycles. The van der Waals surface area contributed by atoms with E-state index in [9.17, 15) is 10.2 Å². The first-order chi connectivity index (χ1) is 9.13. The maximum Gasteiger partial charge on any atom is 0.119 e. The van der Waals surface area contributed by atoms with Crippen molar-refractivity contribution < 1.29 is 10.2 Å². The topological polar surface area (TPSA) is 66.5 Å². The summed E-state index contributed by atoms with van der Waals surface area (Å²) in [7, 11) is 0. The van der Waals surface area contributed by atoms with Crippen LogP contribution in [0.3, 0.4) is 0 Å². The average Bonchev–Trinajstić information content (AvgIpc) is 2.40. The van der Waals surface area contributed by atoms with Crippen LogP contribution < -0.4 is 5.73 Å². The molecule has 1 fully saturated rings. The Morgan fingerprint density at radius 2 is 1.90 bits per heavy atom. The van der Waals surface area contributed by atoms with E-state index in [4.69, 9.17) is 5.73 Å². The molecule has 0 spiro atoms. The maximum absolute atomic E-state index is 11.2. The van der Waals surface area contributed by atoms with Crippen LogP contribution in [0.25, 0.3) is 0 Å². The minimum absolute atomic E-state index is 0. The van der Waals surface area contributed by atoms with Gasteiger partial charge in [0.1, 0.15) is 5.75 Å². The number of benzene rings is 1. The number of aromatic hydroxyl groups is 1. The van der Waals surface area contributed by atoms with Gasteiger partial charge in [-0.15, -0.1) is 12.4 Å². The number of aliphatic hydroxyl groups is 1. The third-order valence-electron chi connectivity index (χ3n) is 5.36. The van der Waals surface area contributed by atoms with Crippen LogP contribution in [0.2, 0.25) is 0 Å². The molecular weight excluding hydrogens is 274 g/mol. The number of rotatable bonds is 2. The molecule has 2 unspecified atom stereocenters. The van der Waals surface area contributed by atoms with Crippen molar-refractivity contribution in [3.05, 3.63) is 29.3 Å². The van der Waals surface area contributed by atoms with Gasteiger partial charge in [0.05, 0.1) is 5.60 Å². The summed E-state index contributed by atoms with van der Waals surface area (Å²) in [4.78, 5) is 0. The minimum Gasteiger partial charge on any atom is -0.508 e. The van der Waals surface area contributed by atoms with Gasteiger partial charge in [0, 0.05) is 5.41 Å². The van der Waals surface area contributed by atoms with Crippen molar-refractivity contribution in [1.82, 2.24) is 0 Å². The molecule has 2 aliphatic rings. The van der Waals surface area contributed by atoms with Crippen molar-refractivity contribution in [3.8, 4) is 5.75 Å². The number of halogens is 1. The van der Waals surface area contributed by atoms with Crippen LogP contribution in [0.4, 0.5) is 0 Å². The third-order valence-corrected chi connectivity index (χ3v) is 5.36. The Labute approximate surface area is 126 Å². The Hall–Kier alpha value is -0.770. The summed E-state index contributed by atoms with van der Waals surface area (Å²) in [6.45, 7) is 0.581.